The molecule has 6 heteroatoms. The number of alkyl halides is 2. The summed E-state index contributed by atoms with van der Waals surface area (Å²) < 4.78 is 23.8. The highest BCUT2D eigenvalue weighted by Gasteiger charge is 2.09. The molecule has 0 aromatic carbocycles. The summed E-state index contributed by atoms with van der Waals surface area (Å²) in [4.78, 5) is 6.27. The van der Waals surface area contributed by atoms with Crippen LogP contribution >= 0.6 is 11.3 Å². The van der Waals surface area contributed by atoms with Crippen LogP contribution in [0.15, 0.2) is 6.20 Å². The topological polar surface area (TPSA) is 42.2 Å². The smallest absolute Gasteiger partial charge is 0.251 e. The molecule has 0 atom stereocenters. The summed E-state index contributed by atoms with van der Waals surface area (Å²) in [5.41, 5.74) is 5.40. The Hall–Kier alpha value is -0.750. The van der Waals surface area contributed by atoms with Crippen LogP contribution in [0.5, 0.6) is 0 Å². The zero-order chi connectivity index (χ0) is 9.84. The van der Waals surface area contributed by atoms with Gasteiger partial charge in [-0.05, 0) is 7.05 Å². The largest absolute Gasteiger partial charge is 0.375 e. The van der Waals surface area contributed by atoms with Gasteiger partial charge in [-0.2, -0.15) is 0 Å². The van der Waals surface area contributed by atoms with Crippen molar-refractivity contribution in [3.63, 3.8) is 0 Å². The first-order valence-electron chi connectivity index (χ1n) is 3.75. The number of hydrogen-bond acceptors (Lipinski definition) is 4. The SMILES string of the molecule is CN(Cc1cnc(N)s1)CC(F)F. The quantitative estimate of drug-likeness (QED) is 0.812. The first-order valence-corrected chi connectivity index (χ1v) is 4.56. The lowest BCUT2D eigenvalue weighted by Gasteiger charge is -2.13. The van der Waals surface area contributed by atoms with E-state index in [0.717, 1.165) is 4.88 Å². The summed E-state index contributed by atoms with van der Waals surface area (Å²) in [7, 11) is 1.64. The highest BCUT2D eigenvalue weighted by Crippen LogP contribution is 2.16. The van der Waals surface area contributed by atoms with Crippen LogP contribution in [-0.2, 0) is 6.54 Å². The lowest BCUT2D eigenvalue weighted by atomic mass is 10.5. The molecule has 74 valence electrons. The number of nitrogens with zero attached hydrogens (tertiary/aromatic N) is 2. The maximum Gasteiger partial charge on any atom is 0.251 e. The number of nitrogens with two attached hydrogens (primary N) is 1. The molecule has 0 amide bonds. The molecular weight excluding hydrogens is 196 g/mol. The van der Waals surface area contributed by atoms with Gasteiger partial charge in [0.1, 0.15) is 0 Å². The zero-order valence-electron chi connectivity index (χ0n) is 7.20. The molecule has 0 radical (unpaired) electrons. The van der Waals surface area contributed by atoms with E-state index in [0.29, 0.717) is 11.7 Å². The maximum absolute atomic E-state index is 11.9. The van der Waals surface area contributed by atoms with Crippen LogP contribution in [0.3, 0.4) is 0 Å². The van der Waals surface area contributed by atoms with Crippen molar-refractivity contribution in [3.8, 4) is 0 Å². The lowest BCUT2D eigenvalue weighted by Crippen LogP contribution is -2.23. The van der Waals surface area contributed by atoms with E-state index in [9.17, 15) is 8.78 Å². The van der Waals surface area contributed by atoms with Crippen molar-refractivity contribution in [2.45, 2.75) is 13.0 Å². The fourth-order valence-corrected chi connectivity index (χ4v) is 1.73. The van der Waals surface area contributed by atoms with Crippen LogP contribution in [-0.4, -0.2) is 29.9 Å². The fraction of sp³-hybridized carbons (Fsp3) is 0.571. The van der Waals surface area contributed by atoms with Gasteiger partial charge in [-0.25, -0.2) is 13.8 Å². The van der Waals surface area contributed by atoms with Crippen molar-refractivity contribution < 1.29 is 8.78 Å². The fourth-order valence-electron chi connectivity index (χ4n) is 0.962. The molecule has 0 fully saturated rings. The summed E-state index contributed by atoms with van der Waals surface area (Å²) >= 11 is 1.32. The van der Waals surface area contributed by atoms with Crippen molar-refractivity contribution >= 4 is 16.5 Å². The predicted molar refractivity (Wildman–Crippen MR) is 48.9 cm³/mol. The minimum Gasteiger partial charge on any atom is -0.375 e. The Labute approximate surface area is 79.2 Å². The summed E-state index contributed by atoms with van der Waals surface area (Å²) in [6, 6.07) is 0. The monoisotopic (exact) mass is 207 g/mol. The van der Waals surface area contributed by atoms with E-state index in [4.69, 9.17) is 5.73 Å². The van der Waals surface area contributed by atoms with Gasteiger partial charge in [-0.3, -0.25) is 4.90 Å². The van der Waals surface area contributed by atoms with Gasteiger partial charge in [0.2, 0.25) is 0 Å². The van der Waals surface area contributed by atoms with Crippen LogP contribution < -0.4 is 5.73 Å². The number of anilines is 1. The van der Waals surface area contributed by atoms with Gasteiger partial charge < -0.3 is 5.73 Å². The Balaban J connectivity index is 2.40. The zero-order valence-corrected chi connectivity index (χ0v) is 8.02. The second-order valence-electron chi connectivity index (χ2n) is 2.75. The number of nitrogen functional groups attached to an aromatic ring is 1. The molecule has 0 saturated heterocycles. The number of aromatic nitrogens is 1. The van der Waals surface area contributed by atoms with Gasteiger partial charge in [-0.1, -0.05) is 0 Å². The molecule has 0 saturated carbocycles. The third kappa shape index (κ3) is 3.65. The Morgan fingerprint density at radius 1 is 1.69 bits per heavy atom. The normalized spacial score (nSPS) is 11.5. The van der Waals surface area contributed by atoms with E-state index in [1.807, 2.05) is 0 Å². The molecule has 0 unspecified atom stereocenters. The maximum atomic E-state index is 11.9. The van der Waals surface area contributed by atoms with Gasteiger partial charge in [0, 0.05) is 17.6 Å². The van der Waals surface area contributed by atoms with E-state index in [2.05, 4.69) is 4.98 Å². The van der Waals surface area contributed by atoms with Crippen molar-refractivity contribution in [2.75, 3.05) is 19.3 Å². The lowest BCUT2D eigenvalue weighted by molar-refractivity contribution is 0.0979. The molecule has 13 heavy (non-hydrogen) atoms. The minimum atomic E-state index is -2.30. The highest BCUT2D eigenvalue weighted by molar-refractivity contribution is 7.15. The number of halogens is 2. The average Bonchev–Trinajstić information content (AvgIpc) is 2.33. The molecule has 0 spiro atoms. The molecule has 0 aliphatic rings. The van der Waals surface area contributed by atoms with E-state index in [1.165, 1.54) is 16.2 Å². The Kier molecular flexibility index (Phi) is 3.56. The van der Waals surface area contributed by atoms with Crippen molar-refractivity contribution in [1.82, 2.24) is 9.88 Å². The number of hydrogen-bond donors (Lipinski definition) is 1. The Morgan fingerprint density at radius 3 is 2.85 bits per heavy atom. The molecule has 1 aromatic rings. The first kappa shape index (κ1) is 10.3. The summed E-state index contributed by atoms with van der Waals surface area (Å²) in [6.45, 7) is 0.247. The molecule has 2 N–H and O–H groups in total. The van der Waals surface area contributed by atoms with Gasteiger partial charge in [0.05, 0.1) is 6.54 Å². The van der Waals surface area contributed by atoms with Crippen LogP contribution in [0, 0.1) is 0 Å². The Bertz CT molecular complexity index is 264. The molecule has 1 rings (SSSR count). The molecule has 1 aromatic heterocycles. The van der Waals surface area contributed by atoms with Gasteiger partial charge in [0.15, 0.2) is 5.13 Å². The summed E-state index contributed by atoms with van der Waals surface area (Å²) in [6.07, 6.45) is -0.683. The van der Waals surface area contributed by atoms with E-state index in [-0.39, 0.29) is 6.54 Å². The van der Waals surface area contributed by atoms with Gasteiger partial charge >= 0.3 is 0 Å². The first-order chi connectivity index (χ1) is 6.08. The van der Waals surface area contributed by atoms with E-state index >= 15 is 0 Å². The number of rotatable bonds is 4. The van der Waals surface area contributed by atoms with Crippen LogP contribution in [0.25, 0.3) is 0 Å². The third-order valence-corrected chi connectivity index (χ3v) is 2.26. The van der Waals surface area contributed by atoms with Crippen LogP contribution in [0.4, 0.5) is 13.9 Å². The molecular formula is C7H11F2N3S. The summed E-state index contributed by atoms with van der Waals surface area (Å²) in [5, 5.41) is 0.473. The van der Waals surface area contributed by atoms with Crippen molar-refractivity contribution in [3.05, 3.63) is 11.1 Å². The van der Waals surface area contributed by atoms with Crippen LogP contribution in [0.1, 0.15) is 4.88 Å². The molecule has 0 aliphatic carbocycles. The average molecular weight is 207 g/mol. The molecule has 0 aliphatic heterocycles. The predicted octanol–water partition coefficient (Wildman–Crippen LogP) is 1.42. The molecule has 0 bridgehead atoms. The second kappa shape index (κ2) is 4.48. The standard InChI is InChI=1S/C7H11F2N3S/c1-12(4-6(8)9)3-5-2-11-7(10)13-5/h2,6H,3-4H2,1H3,(H2,10,11). The minimum absolute atomic E-state index is 0.224. The molecule has 1 heterocycles. The Morgan fingerprint density at radius 2 is 2.38 bits per heavy atom. The van der Waals surface area contributed by atoms with Crippen LogP contribution in [0.2, 0.25) is 0 Å². The third-order valence-electron chi connectivity index (χ3n) is 1.45. The van der Waals surface area contributed by atoms with Gasteiger partial charge in [-0.15, -0.1) is 11.3 Å². The summed E-state index contributed by atoms with van der Waals surface area (Å²) in [5.74, 6) is 0. The van der Waals surface area contributed by atoms with E-state index in [1.54, 1.807) is 13.2 Å². The van der Waals surface area contributed by atoms with Crippen molar-refractivity contribution in [1.29, 1.82) is 0 Å². The number of thiazole rings is 1. The molecule has 3 nitrogen and oxygen atoms in total. The second-order valence-corrected chi connectivity index (χ2v) is 3.90. The van der Waals surface area contributed by atoms with Gasteiger partial charge in [0.25, 0.3) is 6.43 Å². The van der Waals surface area contributed by atoms with E-state index < -0.39 is 6.43 Å². The highest BCUT2D eigenvalue weighted by atomic mass is 32.1. The van der Waals surface area contributed by atoms with Crippen molar-refractivity contribution in [2.24, 2.45) is 0 Å².